The standard InChI is InChI=1S/C46H50ClN7O8S/c1-46(2)13-9-32(38(25-46)29-3-5-33(47)6-4-29)27-52-15-17-53(18-16-52)34-7-8-37(41(22-34)62-35-21-31-10-14-48-44(31)49-26-35)45(55)51-63(58,59)36-23-40(54(56)57)43-42(24-36)61-28-39(50-43)30-11-19-60-20-12-30/h3-8,10,14,21-24,26,30,39,50H,9,11-13,15-20,25,27-28H2,1-2H3,(H,48,49)(H,51,55)/t39-/m1/s1. The van der Waals surface area contributed by atoms with Crippen molar-refractivity contribution in [3.05, 3.63) is 111 Å². The van der Waals surface area contributed by atoms with E-state index in [-0.39, 0.29) is 46.7 Å². The Morgan fingerprint density at radius 3 is 2.59 bits per heavy atom. The fourth-order valence-corrected chi connectivity index (χ4v) is 10.3. The first-order chi connectivity index (χ1) is 30.3. The summed E-state index contributed by atoms with van der Waals surface area (Å²) in [5.41, 5.74) is 5.35. The fourth-order valence-electron chi connectivity index (χ4n) is 9.13. The lowest BCUT2D eigenvalue weighted by atomic mass is 9.72. The van der Waals surface area contributed by atoms with Gasteiger partial charge in [-0.1, -0.05) is 43.2 Å². The van der Waals surface area contributed by atoms with Gasteiger partial charge in [0.05, 0.1) is 27.6 Å². The van der Waals surface area contributed by atoms with Gasteiger partial charge in [-0.25, -0.2) is 18.1 Å². The smallest absolute Gasteiger partial charge is 0.297 e. The van der Waals surface area contributed by atoms with Gasteiger partial charge in [-0.05, 0) is 91.0 Å². The number of allylic oxidation sites excluding steroid dienone is 1. The van der Waals surface area contributed by atoms with Crippen LogP contribution in [0.1, 0.15) is 61.9 Å². The minimum absolute atomic E-state index is 0.0165. The summed E-state index contributed by atoms with van der Waals surface area (Å²) >= 11 is 6.25. The van der Waals surface area contributed by atoms with E-state index in [9.17, 15) is 23.3 Å². The van der Waals surface area contributed by atoms with Crippen molar-refractivity contribution < 1.29 is 32.3 Å². The van der Waals surface area contributed by atoms with Crippen molar-refractivity contribution in [2.45, 2.75) is 56.9 Å². The third kappa shape index (κ3) is 9.35. The van der Waals surface area contributed by atoms with Gasteiger partial charge in [-0.2, -0.15) is 0 Å². The molecule has 9 rings (SSSR count). The van der Waals surface area contributed by atoms with Crippen LogP contribution < -0.4 is 24.4 Å². The lowest BCUT2D eigenvalue weighted by Crippen LogP contribution is -2.47. The maximum Gasteiger partial charge on any atom is 0.297 e. The Hall–Kier alpha value is -5.68. The summed E-state index contributed by atoms with van der Waals surface area (Å²) in [6.45, 7) is 9.98. The number of amides is 1. The molecule has 3 N–H and O–H groups in total. The Balaban J connectivity index is 0.947. The van der Waals surface area contributed by atoms with E-state index in [1.54, 1.807) is 24.4 Å². The molecule has 5 heterocycles. The number of nitrogens with one attached hydrogen (secondary N) is 3. The zero-order valence-corrected chi connectivity index (χ0v) is 36.8. The van der Waals surface area contributed by atoms with Crippen LogP contribution in [0.3, 0.4) is 0 Å². The number of aromatic amines is 1. The van der Waals surface area contributed by atoms with E-state index >= 15 is 0 Å². The van der Waals surface area contributed by atoms with Gasteiger partial charge in [0.25, 0.3) is 21.6 Å². The predicted octanol–water partition coefficient (Wildman–Crippen LogP) is 8.42. The highest BCUT2D eigenvalue weighted by Gasteiger charge is 2.36. The maximum atomic E-state index is 14.0. The molecule has 0 saturated carbocycles. The van der Waals surface area contributed by atoms with Crippen LogP contribution in [0.5, 0.6) is 17.2 Å². The number of rotatable bonds is 11. The second-order valence-corrected chi connectivity index (χ2v) is 19.7. The largest absolute Gasteiger partial charge is 0.489 e. The van der Waals surface area contributed by atoms with E-state index < -0.39 is 31.4 Å². The number of halogens is 1. The fraction of sp³-hybridized carbons (Fsp3) is 0.391. The third-order valence-electron chi connectivity index (χ3n) is 12.7. The summed E-state index contributed by atoms with van der Waals surface area (Å²) in [7, 11) is -4.65. The number of pyridine rings is 1. The van der Waals surface area contributed by atoms with Crippen molar-refractivity contribution in [3.63, 3.8) is 0 Å². The number of nitrogens with zero attached hydrogens (tertiary/aromatic N) is 4. The average molecular weight is 896 g/mol. The Morgan fingerprint density at radius 1 is 1.05 bits per heavy atom. The van der Waals surface area contributed by atoms with E-state index in [2.05, 4.69) is 55.8 Å². The summed E-state index contributed by atoms with van der Waals surface area (Å²) in [5.74, 6) is -0.325. The molecule has 17 heteroatoms. The molecule has 1 amide bonds. The van der Waals surface area contributed by atoms with Crippen LogP contribution >= 0.6 is 11.6 Å². The molecule has 1 atom stereocenters. The van der Waals surface area contributed by atoms with Crippen molar-refractivity contribution in [2.24, 2.45) is 11.3 Å². The first kappa shape index (κ1) is 42.6. The van der Waals surface area contributed by atoms with Crippen molar-refractivity contribution in [1.29, 1.82) is 0 Å². The van der Waals surface area contributed by atoms with Gasteiger partial charge in [-0.15, -0.1) is 0 Å². The number of ether oxygens (including phenoxy) is 3. The number of hydrogen-bond acceptors (Lipinski definition) is 12. The molecule has 0 radical (unpaired) electrons. The molecule has 2 aromatic heterocycles. The minimum atomic E-state index is -4.65. The van der Waals surface area contributed by atoms with Gasteiger partial charge in [0.2, 0.25) is 0 Å². The summed E-state index contributed by atoms with van der Waals surface area (Å²) in [4.78, 5) is 37.4. The number of nitro groups is 1. The van der Waals surface area contributed by atoms with E-state index in [1.807, 2.05) is 18.2 Å². The molecule has 15 nitrogen and oxygen atoms in total. The summed E-state index contributed by atoms with van der Waals surface area (Å²) < 4.78 is 47.6. The Labute approximate surface area is 371 Å². The van der Waals surface area contributed by atoms with Gasteiger partial charge in [0, 0.05) is 86.4 Å². The number of fused-ring (bicyclic) bond motifs is 2. The molecule has 0 bridgehead atoms. The molecule has 63 heavy (non-hydrogen) atoms. The number of carbonyl (C=O) groups excluding carboxylic acids is 1. The number of sulfonamides is 1. The predicted molar refractivity (Wildman–Crippen MR) is 241 cm³/mol. The number of piperazine rings is 1. The quantitative estimate of drug-likeness (QED) is 0.0852. The SMILES string of the molecule is CC1(C)CCC(CN2CCN(c3ccc(C(=O)NS(=O)(=O)c4cc5c(c([N+](=O)[O-])c4)N[C@@H](C4CCOCC4)CO5)c(Oc4cnc5[nH]ccc5c4)c3)CC2)=C(c2ccc(Cl)cc2)C1. The number of nitro benzene ring substituents is 1. The third-order valence-corrected chi connectivity index (χ3v) is 14.3. The van der Waals surface area contributed by atoms with Gasteiger partial charge < -0.3 is 29.4 Å². The average Bonchev–Trinajstić information content (AvgIpc) is 3.75. The molecule has 3 aliphatic heterocycles. The van der Waals surface area contributed by atoms with E-state index in [0.29, 0.717) is 24.6 Å². The van der Waals surface area contributed by atoms with E-state index in [4.69, 9.17) is 25.8 Å². The van der Waals surface area contributed by atoms with Crippen LogP contribution in [0.25, 0.3) is 16.6 Å². The second kappa shape index (κ2) is 17.5. The Kier molecular flexibility index (Phi) is 11.8. The lowest BCUT2D eigenvalue weighted by molar-refractivity contribution is -0.384. The van der Waals surface area contributed by atoms with Crippen molar-refractivity contribution in [1.82, 2.24) is 19.6 Å². The molecular weight excluding hydrogens is 846 g/mol. The molecular formula is C46H50ClN7O8S. The van der Waals surface area contributed by atoms with Crippen LogP contribution in [0.4, 0.5) is 17.1 Å². The summed E-state index contributed by atoms with van der Waals surface area (Å²) in [6.07, 6.45) is 8.01. The van der Waals surface area contributed by atoms with E-state index in [0.717, 1.165) is 87.0 Å². The van der Waals surface area contributed by atoms with Crippen molar-refractivity contribution >= 4 is 61.2 Å². The molecule has 3 aromatic carbocycles. The molecule has 2 fully saturated rings. The van der Waals surface area contributed by atoms with Gasteiger partial charge in [0.15, 0.2) is 11.4 Å². The highest BCUT2D eigenvalue weighted by Crippen LogP contribution is 2.44. The van der Waals surface area contributed by atoms with Gasteiger partial charge in [0.1, 0.15) is 23.8 Å². The van der Waals surface area contributed by atoms with Crippen LogP contribution in [-0.4, -0.2) is 92.7 Å². The van der Waals surface area contributed by atoms with Crippen molar-refractivity contribution in [3.8, 4) is 17.2 Å². The molecule has 2 saturated heterocycles. The Bertz CT molecular complexity index is 2690. The molecule has 0 spiro atoms. The number of hydrogen-bond donors (Lipinski definition) is 3. The first-order valence-corrected chi connectivity index (χ1v) is 23.2. The topological polar surface area (TPSA) is 181 Å². The molecule has 1 aliphatic carbocycles. The molecule has 330 valence electrons. The first-order valence-electron chi connectivity index (χ1n) is 21.3. The Morgan fingerprint density at radius 2 is 1.83 bits per heavy atom. The summed E-state index contributed by atoms with van der Waals surface area (Å²) in [5, 5.41) is 17.0. The van der Waals surface area contributed by atoms with Crippen LogP contribution in [-0.2, 0) is 14.8 Å². The molecule has 0 unspecified atom stereocenters. The van der Waals surface area contributed by atoms with Gasteiger partial charge in [-0.3, -0.25) is 19.8 Å². The lowest BCUT2D eigenvalue weighted by Gasteiger charge is -2.39. The van der Waals surface area contributed by atoms with Gasteiger partial charge >= 0.3 is 0 Å². The highest BCUT2D eigenvalue weighted by molar-refractivity contribution is 7.90. The second-order valence-electron chi connectivity index (χ2n) is 17.6. The van der Waals surface area contributed by atoms with Crippen LogP contribution in [0.15, 0.2) is 89.6 Å². The zero-order chi connectivity index (χ0) is 43.9. The number of benzene rings is 3. The number of aromatic nitrogens is 2. The molecule has 5 aromatic rings. The van der Waals surface area contributed by atoms with Crippen molar-refractivity contribution in [2.75, 3.05) is 62.8 Å². The number of carbonyl (C=O) groups is 1. The number of H-pyrrole nitrogens is 1. The van der Waals surface area contributed by atoms with Crippen LogP contribution in [0.2, 0.25) is 5.02 Å². The van der Waals surface area contributed by atoms with Crippen LogP contribution in [0, 0.1) is 21.4 Å². The minimum Gasteiger partial charge on any atom is -0.489 e. The normalized spacial score (nSPS) is 19.5. The zero-order valence-electron chi connectivity index (χ0n) is 35.2. The molecule has 4 aliphatic rings. The summed E-state index contributed by atoms with van der Waals surface area (Å²) in [6, 6.07) is 18.8. The monoisotopic (exact) mass is 895 g/mol. The van der Waals surface area contributed by atoms with E-state index in [1.165, 1.54) is 35.0 Å². The maximum absolute atomic E-state index is 14.0. The number of anilines is 2. The highest BCUT2D eigenvalue weighted by atomic mass is 35.5.